The first kappa shape index (κ1) is 13.6. The van der Waals surface area contributed by atoms with E-state index >= 15 is 0 Å². The van der Waals surface area contributed by atoms with E-state index in [9.17, 15) is 14.4 Å². The molecule has 0 amide bonds. The van der Waals surface area contributed by atoms with Gasteiger partial charge in [0, 0.05) is 12.3 Å². The Kier molecular flexibility index (Phi) is 6.33. The van der Waals surface area contributed by atoms with Crippen molar-refractivity contribution in [3.05, 3.63) is 0 Å². The lowest BCUT2D eigenvalue weighted by Gasteiger charge is -2.08. The summed E-state index contributed by atoms with van der Waals surface area (Å²) in [4.78, 5) is 32.9. The second-order valence-corrected chi connectivity index (χ2v) is 3.24. The highest BCUT2D eigenvalue weighted by molar-refractivity contribution is 5.96. The van der Waals surface area contributed by atoms with Crippen LogP contribution in [0.3, 0.4) is 0 Å². The molecule has 0 saturated heterocycles. The molecule has 0 aliphatic rings. The highest BCUT2D eigenvalue weighted by atomic mass is 16.5. The molecule has 5 nitrogen and oxygen atoms in total. The molecule has 0 aliphatic carbocycles. The summed E-state index contributed by atoms with van der Waals surface area (Å²) in [5.41, 5.74) is 0. The number of Topliss-reactive ketones (excluding diaryl/α,β-unsaturated/α-hetero) is 1. The number of rotatable bonds is 6. The van der Waals surface area contributed by atoms with Gasteiger partial charge >= 0.3 is 11.9 Å². The standard InChI is InChI=1S/C10H16O5/c1-7(4-5-9(12)14-2)8(11)6-10(13)15-3/h7H,4-6H2,1-3H3. The summed E-state index contributed by atoms with van der Waals surface area (Å²) in [5.74, 6) is -1.45. The van der Waals surface area contributed by atoms with Crippen molar-refractivity contribution in [2.45, 2.75) is 26.2 Å². The van der Waals surface area contributed by atoms with Crippen LogP contribution in [0.1, 0.15) is 26.2 Å². The Morgan fingerprint density at radius 2 is 1.60 bits per heavy atom. The minimum absolute atomic E-state index is 0.185. The fourth-order valence-corrected chi connectivity index (χ4v) is 0.986. The Balaban J connectivity index is 3.89. The third-order valence-corrected chi connectivity index (χ3v) is 2.11. The average molecular weight is 216 g/mol. The molecule has 1 atom stereocenters. The molecule has 1 unspecified atom stereocenters. The quantitative estimate of drug-likeness (QED) is 0.483. The van der Waals surface area contributed by atoms with Gasteiger partial charge in [-0.05, 0) is 6.42 Å². The van der Waals surface area contributed by atoms with E-state index in [1.54, 1.807) is 6.92 Å². The van der Waals surface area contributed by atoms with Crippen LogP contribution in [-0.4, -0.2) is 31.9 Å². The molecule has 0 rings (SSSR count). The fourth-order valence-electron chi connectivity index (χ4n) is 0.986. The summed E-state index contributed by atoms with van der Waals surface area (Å²) in [6, 6.07) is 0. The third kappa shape index (κ3) is 5.83. The Labute approximate surface area is 88.7 Å². The summed E-state index contributed by atoms with van der Waals surface area (Å²) >= 11 is 0. The number of ketones is 1. The Morgan fingerprint density at radius 1 is 1.07 bits per heavy atom. The van der Waals surface area contributed by atoms with Crippen LogP contribution in [0.4, 0.5) is 0 Å². The van der Waals surface area contributed by atoms with E-state index in [-0.39, 0.29) is 30.5 Å². The van der Waals surface area contributed by atoms with Gasteiger partial charge in [0.05, 0.1) is 14.2 Å². The van der Waals surface area contributed by atoms with E-state index < -0.39 is 5.97 Å². The first-order chi connectivity index (χ1) is 7.01. The minimum atomic E-state index is -0.551. The number of ether oxygens (including phenoxy) is 2. The van der Waals surface area contributed by atoms with Gasteiger partial charge in [-0.2, -0.15) is 0 Å². The molecule has 0 spiro atoms. The van der Waals surface area contributed by atoms with Gasteiger partial charge in [0.25, 0.3) is 0 Å². The smallest absolute Gasteiger partial charge is 0.313 e. The highest BCUT2D eigenvalue weighted by Gasteiger charge is 2.18. The lowest BCUT2D eigenvalue weighted by molar-refractivity contribution is -0.144. The van der Waals surface area contributed by atoms with Crippen molar-refractivity contribution in [3.63, 3.8) is 0 Å². The van der Waals surface area contributed by atoms with Crippen LogP contribution in [-0.2, 0) is 23.9 Å². The van der Waals surface area contributed by atoms with E-state index in [0.29, 0.717) is 6.42 Å². The van der Waals surface area contributed by atoms with Crippen molar-refractivity contribution in [2.75, 3.05) is 14.2 Å². The van der Waals surface area contributed by atoms with Crippen molar-refractivity contribution in [1.82, 2.24) is 0 Å². The largest absolute Gasteiger partial charge is 0.469 e. The van der Waals surface area contributed by atoms with Gasteiger partial charge in [-0.25, -0.2) is 0 Å². The van der Waals surface area contributed by atoms with Crippen molar-refractivity contribution >= 4 is 17.7 Å². The molecule has 0 radical (unpaired) electrons. The summed E-state index contributed by atoms with van der Waals surface area (Å²) < 4.78 is 8.81. The minimum Gasteiger partial charge on any atom is -0.469 e. The SMILES string of the molecule is COC(=O)CCC(C)C(=O)CC(=O)OC. The molecule has 0 bridgehead atoms. The lowest BCUT2D eigenvalue weighted by atomic mass is 9.98. The summed E-state index contributed by atoms with van der Waals surface area (Å²) in [5, 5.41) is 0. The van der Waals surface area contributed by atoms with E-state index in [1.807, 2.05) is 0 Å². The number of hydrogen-bond donors (Lipinski definition) is 0. The molecular formula is C10H16O5. The van der Waals surface area contributed by atoms with Crippen molar-refractivity contribution < 1.29 is 23.9 Å². The molecule has 86 valence electrons. The van der Waals surface area contributed by atoms with Crippen LogP contribution in [0.5, 0.6) is 0 Å². The molecule has 0 aliphatic heterocycles. The summed E-state index contributed by atoms with van der Waals surface area (Å²) in [6.45, 7) is 1.67. The predicted molar refractivity (Wildman–Crippen MR) is 52.1 cm³/mol. The van der Waals surface area contributed by atoms with Crippen LogP contribution >= 0.6 is 0 Å². The molecule has 0 aromatic carbocycles. The van der Waals surface area contributed by atoms with E-state index in [4.69, 9.17) is 0 Å². The monoisotopic (exact) mass is 216 g/mol. The molecule has 0 saturated carbocycles. The fraction of sp³-hybridized carbons (Fsp3) is 0.700. The Bertz CT molecular complexity index is 246. The zero-order valence-corrected chi connectivity index (χ0v) is 9.24. The molecule has 0 heterocycles. The van der Waals surface area contributed by atoms with E-state index in [2.05, 4.69) is 9.47 Å². The third-order valence-electron chi connectivity index (χ3n) is 2.11. The molecule has 0 fully saturated rings. The number of carbonyl (C=O) groups excluding carboxylic acids is 3. The van der Waals surface area contributed by atoms with Crippen LogP contribution in [0.2, 0.25) is 0 Å². The van der Waals surface area contributed by atoms with Gasteiger partial charge < -0.3 is 9.47 Å². The maximum absolute atomic E-state index is 11.4. The first-order valence-corrected chi connectivity index (χ1v) is 4.67. The molecule has 0 aromatic heterocycles. The molecule has 15 heavy (non-hydrogen) atoms. The van der Waals surface area contributed by atoms with E-state index in [1.165, 1.54) is 14.2 Å². The highest BCUT2D eigenvalue weighted by Crippen LogP contribution is 2.10. The van der Waals surface area contributed by atoms with Gasteiger partial charge in [-0.3, -0.25) is 14.4 Å². The van der Waals surface area contributed by atoms with Crippen molar-refractivity contribution in [3.8, 4) is 0 Å². The number of methoxy groups -OCH3 is 2. The van der Waals surface area contributed by atoms with Crippen LogP contribution in [0, 0.1) is 5.92 Å². The second-order valence-electron chi connectivity index (χ2n) is 3.24. The topological polar surface area (TPSA) is 69.7 Å². The first-order valence-electron chi connectivity index (χ1n) is 4.67. The molecule has 0 aromatic rings. The maximum atomic E-state index is 11.4. The van der Waals surface area contributed by atoms with Gasteiger partial charge in [0.15, 0.2) is 0 Å². The normalized spacial score (nSPS) is 11.7. The summed E-state index contributed by atoms with van der Waals surface area (Å²) in [7, 11) is 2.53. The Morgan fingerprint density at radius 3 is 2.07 bits per heavy atom. The van der Waals surface area contributed by atoms with Crippen molar-refractivity contribution in [2.24, 2.45) is 5.92 Å². The predicted octanol–water partition coefficient (Wildman–Crippen LogP) is 0.708. The van der Waals surface area contributed by atoms with Crippen LogP contribution in [0.15, 0.2) is 0 Å². The van der Waals surface area contributed by atoms with E-state index in [0.717, 1.165) is 0 Å². The van der Waals surface area contributed by atoms with Crippen molar-refractivity contribution in [1.29, 1.82) is 0 Å². The molecular weight excluding hydrogens is 200 g/mol. The zero-order chi connectivity index (χ0) is 11.8. The van der Waals surface area contributed by atoms with Gasteiger partial charge in [0.1, 0.15) is 12.2 Å². The zero-order valence-electron chi connectivity index (χ0n) is 9.24. The lowest BCUT2D eigenvalue weighted by Crippen LogP contribution is -2.17. The number of esters is 2. The van der Waals surface area contributed by atoms with Gasteiger partial charge in [0.2, 0.25) is 0 Å². The second kappa shape index (κ2) is 6.98. The average Bonchev–Trinajstić information content (AvgIpc) is 2.24. The van der Waals surface area contributed by atoms with Crippen LogP contribution < -0.4 is 0 Å². The summed E-state index contributed by atoms with van der Waals surface area (Å²) in [6.07, 6.45) is 0.339. The number of carbonyl (C=O) groups is 3. The maximum Gasteiger partial charge on any atom is 0.313 e. The van der Waals surface area contributed by atoms with Crippen LogP contribution in [0.25, 0.3) is 0 Å². The van der Waals surface area contributed by atoms with Gasteiger partial charge in [-0.1, -0.05) is 6.92 Å². The van der Waals surface area contributed by atoms with Gasteiger partial charge in [-0.15, -0.1) is 0 Å². The Hall–Kier alpha value is -1.39. The molecule has 5 heteroatoms. The number of hydrogen-bond acceptors (Lipinski definition) is 5. The molecule has 0 N–H and O–H groups in total.